The second kappa shape index (κ2) is 6.89. The number of hydrogen-bond acceptors (Lipinski definition) is 3. The number of amides is 1. The maximum atomic E-state index is 11.8. The second-order valence-electron chi connectivity index (χ2n) is 4.18. The van der Waals surface area contributed by atoms with Crippen molar-refractivity contribution in [2.75, 3.05) is 18.4 Å². The molecule has 4 nitrogen and oxygen atoms in total. The van der Waals surface area contributed by atoms with Gasteiger partial charge < -0.3 is 10.6 Å². The van der Waals surface area contributed by atoms with Gasteiger partial charge in [-0.1, -0.05) is 20.3 Å². The maximum Gasteiger partial charge on any atom is 0.269 e. The molecule has 0 aromatic carbocycles. The number of rotatable bonds is 6. The van der Waals surface area contributed by atoms with Crippen LogP contribution in [-0.4, -0.2) is 24.0 Å². The summed E-state index contributed by atoms with van der Waals surface area (Å²) in [6.45, 7) is 7.77. The second-order valence-corrected chi connectivity index (χ2v) is 4.18. The van der Waals surface area contributed by atoms with Crippen molar-refractivity contribution in [1.82, 2.24) is 10.3 Å². The summed E-state index contributed by atoms with van der Waals surface area (Å²) in [5, 5.41) is 6.05. The zero-order valence-electron chi connectivity index (χ0n) is 10.8. The van der Waals surface area contributed by atoms with Gasteiger partial charge in [0.1, 0.15) is 5.69 Å². The smallest absolute Gasteiger partial charge is 0.269 e. The third kappa shape index (κ3) is 4.43. The normalized spacial score (nSPS) is 11.9. The first-order chi connectivity index (χ1) is 8.17. The minimum Gasteiger partial charge on any atom is -0.385 e. The van der Waals surface area contributed by atoms with E-state index in [0.29, 0.717) is 18.2 Å². The summed E-state index contributed by atoms with van der Waals surface area (Å²) in [5.41, 5.74) is 1.39. The zero-order chi connectivity index (χ0) is 12.7. The highest BCUT2D eigenvalue weighted by Gasteiger charge is 2.08. The van der Waals surface area contributed by atoms with Crippen LogP contribution < -0.4 is 10.6 Å². The van der Waals surface area contributed by atoms with Gasteiger partial charge in [0.2, 0.25) is 0 Å². The Morgan fingerprint density at radius 2 is 2.24 bits per heavy atom. The molecule has 0 aliphatic rings. The molecule has 0 radical (unpaired) electrons. The summed E-state index contributed by atoms with van der Waals surface area (Å²) in [4.78, 5) is 15.9. The number of nitrogens with one attached hydrogen (secondary N) is 2. The van der Waals surface area contributed by atoms with Crippen LogP contribution in [-0.2, 0) is 0 Å². The van der Waals surface area contributed by atoms with Crippen molar-refractivity contribution in [2.45, 2.75) is 27.2 Å². The van der Waals surface area contributed by atoms with Gasteiger partial charge in [-0.25, -0.2) is 0 Å². The predicted octanol–water partition coefficient (Wildman–Crippen LogP) is 2.29. The monoisotopic (exact) mass is 235 g/mol. The Balaban J connectivity index is 2.59. The number of anilines is 1. The fourth-order valence-corrected chi connectivity index (χ4v) is 1.37. The summed E-state index contributed by atoms with van der Waals surface area (Å²) in [6.07, 6.45) is 2.71. The summed E-state index contributed by atoms with van der Waals surface area (Å²) in [5.74, 6) is 0.390. The van der Waals surface area contributed by atoms with Gasteiger partial charge in [-0.05, 0) is 25.0 Å². The third-order valence-electron chi connectivity index (χ3n) is 2.68. The zero-order valence-corrected chi connectivity index (χ0v) is 10.8. The average Bonchev–Trinajstić information content (AvgIpc) is 2.36. The van der Waals surface area contributed by atoms with Gasteiger partial charge in [-0.3, -0.25) is 9.78 Å². The van der Waals surface area contributed by atoms with Crippen molar-refractivity contribution < 1.29 is 4.79 Å². The van der Waals surface area contributed by atoms with E-state index in [-0.39, 0.29) is 5.91 Å². The van der Waals surface area contributed by atoms with Gasteiger partial charge in [0.05, 0.1) is 0 Å². The van der Waals surface area contributed by atoms with Crippen LogP contribution in [0.1, 0.15) is 37.7 Å². The topological polar surface area (TPSA) is 54.0 Å². The van der Waals surface area contributed by atoms with E-state index in [2.05, 4.69) is 29.5 Å². The molecule has 0 bridgehead atoms. The van der Waals surface area contributed by atoms with E-state index in [1.807, 2.05) is 13.0 Å². The highest BCUT2D eigenvalue weighted by Crippen LogP contribution is 2.07. The van der Waals surface area contributed by atoms with E-state index in [0.717, 1.165) is 18.7 Å². The number of nitrogens with zero attached hydrogens (tertiary/aromatic N) is 1. The molecule has 94 valence electrons. The Morgan fingerprint density at radius 1 is 1.47 bits per heavy atom. The number of carbonyl (C=O) groups is 1. The first-order valence-corrected chi connectivity index (χ1v) is 6.15. The van der Waals surface area contributed by atoms with E-state index >= 15 is 0 Å². The molecule has 0 aliphatic carbocycles. The minimum atomic E-state index is -0.106. The van der Waals surface area contributed by atoms with Crippen LogP contribution in [0.2, 0.25) is 0 Å². The van der Waals surface area contributed by atoms with Gasteiger partial charge in [0.25, 0.3) is 5.91 Å². The van der Waals surface area contributed by atoms with Crippen LogP contribution >= 0.6 is 0 Å². The van der Waals surface area contributed by atoms with E-state index in [4.69, 9.17) is 0 Å². The van der Waals surface area contributed by atoms with Crippen molar-refractivity contribution in [3.8, 4) is 0 Å². The summed E-state index contributed by atoms with van der Waals surface area (Å²) in [6, 6.07) is 3.63. The van der Waals surface area contributed by atoms with Gasteiger partial charge >= 0.3 is 0 Å². The van der Waals surface area contributed by atoms with Crippen LogP contribution in [0.4, 0.5) is 5.69 Å². The van der Waals surface area contributed by atoms with Gasteiger partial charge in [-0.2, -0.15) is 0 Å². The molecule has 1 unspecified atom stereocenters. The first kappa shape index (κ1) is 13.5. The van der Waals surface area contributed by atoms with E-state index < -0.39 is 0 Å². The van der Waals surface area contributed by atoms with E-state index in [9.17, 15) is 4.79 Å². The van der Waals surface area contributed by atoms with Gasteiger partial charge in [0, 0.05) is 25.0 Å². The molecule has 1 rings (SSSR count). The Hall–Kier alpha value is -1.58. The largest absolute Gasteiger partial charge is 0.385 e. The van der Waals surface area contributed by atoms with Crippen molar-refractivity contribution in [3.05, 3.63) is 24.0 Å². The molecule has 0 aliphatic heterocycles. The summed E-state index contributed by atoms with van der Waals surface area (Å²) >= 11 is 0. The molecule has 0 saturated carbocycles. The molecule has 4 heteroatoms. The maximum absolute atomic E-state index is 11.8. The number of carbonyl (C=O) groups excluding carboxylic acids is 1. The Bertz CT molecular complexity index is 365. The molecule has 1 atom stereocenters. The lowest BCUT2D eigenvalue weighted by atomic mass is 10.1. The molecule has 0 fully saturated rings. The van der Waals surface area contributed by atoms with Crippen LogP contribution in [0.15, 0.2) is 18.3 Å². The van der Waals surface area contributed by atoms with Crippen LogP contribution in [0.3, 0.4) is 0 Å². The summed E-state index contributed by atoms with van der Waals surface area (Å²) < 4.78 is 0. The van der Waals surface area contributed by atoms with E-state index in [1.54, 1.807) is 12.3 Å². The van der Waals surface area contributed by atoms with Crippen LogP contribution in [0.5, 0.6) is 0 Å². The van der Waals surface area contributed by atoms with Crippen molar-refractivity contribution >= 4 is 11.6 Å². The fourth-order valence-electron chi connectivity index (χ4n) is 1.37. The number of pyridine rings is 1. The standard InChI is InChI=1S/C13H21N3O/c1-4-10(3)9-16-13(17)12-8-11(14-5-2)6-7-15-12/h6-8,10H,4-5,9H2,1-3H3,(H,14,15)(H,16,17). The minimum absolute atomic E-state index is 0.106. The van der Waals surface area contributed by atoms with Crippen LogP contribution in [0.25, 0.3) is 0 Å². The molecule has 1 amide bonds. The Labute approximate surface area is 103 Å². The quantitative estimate of drug-likeness (QED) is 0.795. The van der Waals surface area contributed by atoms with Gasteiger partial charge in [0.15, 0.2) is 0 Å². The Kier molecular flexibility index (Phi) is 5.46. The molecular weight excluding hydrogens is 214 g/mol. The number of aromatic nitrogens is 1. The van der Waals surface area contributed by atoms with E-state index in [1.165, 1.54) is 0 Å². The molecular formula is C13H21N3O. The molecule has 1 aromatic rings. The molecule has 0 spiro atoms. The van der Waals surface area contributed by atoms with Crippen molar-refractivity contribution in [1.29, 1.82) is 0 Å². The molecule has 17 heavy (non-hydrogen) atoms. The van der Waals surface area contributed by atoms with Crippen molar-refractivity contribution in [3.63, 3.8) is 0 Å². The molecule has 1 heterocycles. The van der Waals surface area contributed by atoms with Crippen molar-refractivity contribution in [2.24, 2.45) is 5.92 Å². The lowest BCUT2D eigenvalue weighted by Crippen LogP contribution is -2.28. The Morgan fingerprint density at radius 3 is 2.88 bits per heavy atom. The SMILES string of the molecule is CCNc1ccnc(C(=O)NCC(C)CC)c1. The highest BCUT2D eigenvalue weighted by molar-refractivity contribution is 5.93. The lowest BCUT2D eigenvalue weighted by molar-refractivity contribution is 0.0943. The molecule has 1 aromatic heterocycles. The number of hydrogen-bond donors (Lipinski definition) is 2. The highest BCUT2D eigenvalue weighted by atomic mass is 16.1. The molecule has 2 N–H and O–H groups in total. The van der Waals surface area contributed by atoms with Gasteiger partial charge in [-0.15, -0.1) is 0 Å². The lowest BCUT2D eigenvalue weighted by Gasteiger charge is -2.10. The average molecular weight is 235 g/mol. The third-order valence-corrected chi connectivity index (χ3v) is 2.68. The summed E-state index contributed by atoms with van der Waals surface area (Å²) in [7, 11) is 0. The van der Waals surface area contributed by atoms with Crippen LogP contribution in [0, 0.1) is 5.92 Å². The first-order valence-electron chi connectivity index (χ1n) is 6.15. The fraction of sp³-hybridized carbons (Fsp3) is 0.538. The molecule has 0 saturated heterocycles. The predicted molar refractivity (Wildman–Crippen MR) is 70.2 cm³/mol.